The largest absolute Gasteiger partial charge is 0.391 e. The van der Waals surface area contributed by atoms with E-state index >= 15 is 0 Å². The van der Waals surface area contributed by atoms with Crippen LogP contribution in [0, 0.1) is 4.91 Å². The molecule has 1 fully saturated rings. The summed E-state index contributed by atoms with van der Waals surface area (Å²) in [7, 11) is 0. The van der Waals surface area contributed by atoms with Crippen molar-refractivity contribution in [1.29, 1.82) is 0 Å². The molecule has 11 nitrogen and oxygen atoms in total. The molecule has 1 heterocycles. The van der Waals surface area contributed by atoms with Crippen LogP contribution in [0.15, 0.2) is 59.8 Å². The monoisotopic (exact) mass is 485 g/mol. The van der Waals surface area contributed by atoms with E-state index in [0.29, 0.717) is 5.56 Å². The summed E-state index contributed by atoms with van der Waals surface area (Å²) in [5.41, 5.74) is 2.24. The van der Waals surface area contributed by atoms with Crippen LogP contribution in [0.3, 0.4) is 0 Å². The van der Waals surface area contributed by atoms with Gasteiger partial charge in [0.15, 0.2) is 0 Å². The standard InChI is InChI=1S/C24H27N3O8/c1-13(28)26-20-17(29)11-19(24(33)27-34)35-22(20)21(31)18(30)12-25-23(32)16-9-7-15(8-10-16)14-5-3-2-4-6-14/h2-10,17-22,29-31H,11-12H2,1H3,(H,25,32)(H,26,28). The summed E-state index contributed by atoms with van der Waals surface area (Å²) in [6.45, 7) is 0.786. The van der Waals surface area contributed by atoms with E-state index in [9.17, 15) is 34.6 Å². The van der Waals surface area contributed by atoms with Crippen molar-refractivity contribution in [1.82, 2.24) is 10.6 Å². The van der Waals surface area contributed by atoms with Crippen LogP contribution in [0.1, 0.15) is 23.7 Å². The Kier molecular flexibility index (Phi) is 8.77. The Labute approximate surface area is 201 Å². The van der Waals surface area contributed by atoms with Crippen molar-refractivity contribution in [3.63, 3.8) is 0 Å². The van der Waals surface area contributed by atoms with Crippen LogP contribution in [-0.4, -0.2) is 76.1 Å². The van der Waals surface area contributed by atoms with Crippen molar-refractivity contribution >= 4 is 17.7 Å². The molecular weight excluding hydrogens is 458 g/mol. The van der Waals surface area contributed by atoms with Crippen molar-refractivity contribution in [3.8, 4) is 11.1 Å². The van der Waals surface area contributed by atoms with Crippen LogP contribution in [0.2, 0.25) is 0 Å². The molecular formula is C24H27N3O8. The molecule has 0 aromatic heterocycles. The molecule has 0 bridgehead atoms. The highest BCUT2D eigenvalue weighted by Crippen LogP contribution is 2.25. The second-order valence-corrected chi connectivity index (χ2v) is 8.26. The normalized spacial score (nSPS) is 23.5. The average molecular weight is 485 g/mol. The molecule has 0 saturated carbocycles. The number of benzene rings is 2. The predicted molar refractivity (Wildman–Crippen MR) is 124 cm³/mol. The van der Waals surface area contributed by atoms with Gasteiger partial charge in [-0.3, -0.25) is 14.4 Å². The lowest BCUT2D eigenvalue weighted by atomic mass is 9.89. The fraction of sp³-hybridized carbons (Fsp3) is 0.375. The molecule has 2 aromatic carbocycles. The summed E-state index contributed by atoms with van der Waals surface area (Å²) in [4.78, 5) is 46.3. The first-order chi connectivity index (χ1) is 16.7. The molecule has 186 valence electrons. The highest BCUT2D eigenvalue weighted by atomic mass is 16.5. The maximum absolute atomic E-state index is 12.5. The Morgan fingerprint density at radius 1 is 1.06 bits per heavy atom. The van der Waals surface area contributed by atoms with E-state index in [1.807, 2.05) is 30.3 Å². The summed E-state index contributed by atoms with van der Waals surface area (Å²) in [6.07, 6.45) is -7.90. The molecule has 3 rings (SSSR count). The molecule has 3 amide bonds. The average Bonchev–Trinajstić information content (AvgIpc) is 2.87. The molecule has 6 atom stereocenters. The minimum Gasteiger partial charge on any atom is -0.391 e. The number of amides is 3. The number of aliphatic hydroxyl groups is 3. The van der Waals surface area contributed by atoms with Crippen LogP contribution >= 0.6 is 0 Å². The Hall–Kier alpha value is -3.51. The smallest absolute Gasteiger partial charge is 0.314 e. The first-order valence-corrected chi connectivity index (χ1v) is 11.0. The first kappa shape index (κ1) is 26.1. The number of nitroso groups, excluding NO2 is 1. The Morgan fingerprint density at radius 3 is 2.29 bits per heavy atom. The van der Waals surface area contributed by atoms with E-state index in [1.165, 1.54) is 6.92 Å². The number of nitrogens with one attached hydrogen (secondary N) is 2. The maximum atomic E-state index is 12.5. The van der Waals surface area contributed by atoms with Crippen molar-refractivity contribution in [2.24, 2.45) is 5.18 Å². The first-order valence-electron chi connectivity index (χ1n) is 11.0. The third kappa shape index (κ3) is 6.55. The molecule has 5 N–H and O–H groups in total. The van der Waals surface area contributed by atoms with Gasteiger partial charge in [-0.05, 0) is 23.3 Å². The third-order valence-electron chi connectivity index (χ3n) is 5.74. The maximum Gasteiger partial charge on any atom is 0.314 e. The number of carbonyl (C=O) groups is 3. The lowest BCUT2D eigenvalue weighted by Gasteiger charge is -2.41. The number of nitrogens with zero attached hydrogens (tertiary/aromatic N) is 1. The third-order valence-corrected chi connectivity index (χ3v) is 5.74. The van der Waals surface area contributed by atoms with Gasteiger partial charge < -0.3 is 30.7 Å². The van der Waals surface area contributed by atoms with Gasteiger partial charge in [-0.15, -0.1) is 4.91 Å². The lowest BCUT2D eigenvalue weighted by molar-refractivity contribution is -0.182. The zero-order chi connectivity index (χ0) is 25.5. The second kappa shape index (κ2) is 11.8. The van der Waals surface area contributed by atoms with E-state index in [4.69, 9.17) is 4.74 Å². The molecule has 35 heavy (non-hydrogen) atoms. The fourth-order valence-electron chi connectivity index (χ4n) is 3.92. The fourth-order valence-corrected chi connectivity index (χ4v) is 3.92. The van der Waals surface area contributed by atoms with Gasteiger partial charge in [0.05, 0.1) is 18.2 Å². The number of hydrogen-bond acceptors (Lipinski definition) is 8. The summed E-state index contributed by atoms with van der Waals surface area (Å²) < 4.78 is 5.41. The van der Waals surface area contributed by atoms with E-state index in [-0.39, 0.29) is 6.42 Å². The Balaban J connectivity index is 1.64. The zero-order valence-corrected chi connectivity index (χ0v) is 18.9. The molecule has 1 aliphatic heterocycles. The van der Waals surface area contributed by atoms with E-state index in [1.54, 1.807) is 24.3 Å². The summed E-state index contributed by atoms with van der Waals surface area (Å²) >= 11 is 0. The molecule has 11 heteroatoms. The van der Waals surface area contributed by atoms with E-state index in [2.05, 4.69) is 15.8 Å². The van der Waals surface area contributed by atoms with Gasteiger partial charge in [-0.25, -0.2) is 0 Å². The van der Waals surface area contributed by atoms with Gasteiger partial charge in [0.2, 0.25) is 5.91 Å². The van der Waals surface area contributed by atoms with Gasteiger partial charge >= 0.3 is 5.91 Å². The number of carbonyl (C=O) groups excluding carboxylic acids is 3. The van der Waals surface area contributed by atoms with Crippen LogP contribution in [0.25, 0.3) is 11.1 Å². The van der Waals surface area contributed by atoms with Gasteiger partial charge in [-0.2, -0.15) is 0 Å². The summed E-state index contributed by atoms with van der Waals surface area (Å²) in [5.74, 6) is -2.24. The van der Waals surface area contributed by atoms with Crippen molar-refractivity contribution in [2.45, 2.75) is 49.9 Å². The molecule has 0 spiro atoms. The number of ether oxygens (including phenoxy) is 1. The molecule has 1 aliphatic rings. The highest BCUT2D eigenvalue weighted by molar-refractivity contribution is 5.94. The van der Waals surface area contributed by atoms with E-state index in [0.717, 1.165) is 11.1 Å². The molecule has 1 saturated heterocycles. The molecule has 0 radical (unpaired) electrons. The van der Waals surface area contributed by atoms with Gasteiger partial charge in [-0.1, -0.05) is 42.5 Å². The molecule has 2 aromatic rings. The van der Waals surface area contributed by atoms with Gasteiger partial charge in [0, 0.05) is 30.6 Å². The van der Waals surface area contributed by atoms with Gasteiger partial charge in [0.1, 0.15) is 18.3 Å². The van der Waals surface area contributed by atoms with Crippen molar-refractivity contribution in [3.05, 3.63) is 65.1 Å². The van der Waals surface area contributed by atoms with E-state index < -0.39 is 60.8 Å². The van der Waals surface area contributed by atoms with Gasteiger partial charge in [0.25, 0.3) is 5.91 Å². The van der Waals surface area contributed by atoms with Crippen molar-refractivity contribution in [2.75, 3.05) is 6.54 Å². The number of aliphatic hydroxyl groups excluding tert-OH is 3. The van der Waals surface area contributed by atoms with Crippen LogP contribution in [-0.2, 0) is 14.3 Å². The summed E-state index contributed by atoms with van der Waals surface area (Å²) in [6, 6.07) is 15.2. The molecule has 0 aliphatic carbocycles. The van der Waals surface area contributed by atoms with Crippen LogP contribution in [0.5, 0.6) is 0 Å². The van der Waals surface area contributed by atoms with Crippen molar-refractivity contribution < 1.29 is 34.4 Å². The van der Waals surface area contributed by atoms with Crippen LogP contribution < -0.4 is 10.6 Å². The Bertz CT molecular complexity index is 1050. The highest BCUT2D eigenvalue weighted by Gasteiger charge is 2.46. The zero-order valence-electron chi connectivity index (χ0n) is 18.9. The Morgan fingerprint density at radius 2 is 1.69 bits per heavy atom. The second-order valence-electron chi connectivity index (χ2n) is 8.26. The molecule has 6 unspecified atom stereocenters. The quantitative estimate of drug-likeness (QED) is 0.328. The topological polar surface area (TPSA) is 175 Å². The summed E-state index contributed by atoms with van der Waals surface area (Å²) in [5, 5.41) is 38.7. The number of rotatable bonds is 8. The van der Waals surface area contributed by atoms with Crippen LogP contribution in [0.4, 0.5) is 0 Å². The lowest BCUT2D eigenvalue weighted by Crippen LogP contribution is -2.63. The predicted octanol–water partition coefficient (Wildman–Crippen LogP) is 0.121. The number of hydrogen-bond donors (Lipinski definition) is 5. The minimum absolute atomic E-state index is 0.328. The minimum atomic E-state index is -1.73. The SMILES string of the molecule is CC(=O)NC1C(O)CC(C(=O)N=O)OC1C(O)C(O)CNC(=O)c1ccc(-c2ccccc2)cc1.